The third-order valence-corrected chi connectivity index (χ3v) is 3.66. The molecule has 2 rings (SSSR count). The van der Waals surface area contributed by atoms with Gasteiger partial charge < -0.3 is 5.73 Å². The fourth-order valence-corrected chi connectivity index (χ4v) is 2.44. The molecule has 0 radical (unpaired) electrons. The van der Waals surface area contributed by atoms with Gasteiger partial charge in [0, 0.05) is 6.42 Å². The summed E-state index contributed by atoms with van der Waals surface area (Å²) in [6.45, 7) is 2.04. The van der Waals surface area contributed by atoms with Gasteiger partial charge in [-0.2, -0.15) is 0 Å². The van der Waals surface area contributed by atoms with Crippen molar-refractivity contribution in [3.63, 3.8) is 0 Å². The van der Waals surface area contributed by atoms with Crippen molar-refractivity contribution < 1.29 is 4.79 Å². The third kappa shape index (κ3) is 2.17. The predicted octanol–water partition coefficient (Wildman–Crippen LogP) is 2.38. The van der Waals surface area contributed by atoms with Crippen molar-refractivity contribution in [1.29, 1.82) is 0 Å². The van der Waals surface area contributed by atoms with Crippen LogP contribution in [-0.2, 0) is 11.2 Å². The summed E-state index contributed by atoms with van der Waals surface area (Å²) in [5, 5.41) is 0. The second-order valence-electron chi connectivity index (χ2n) is 4.89. The maximum atomic E-state index is 12.2. The Morgan fingerprint density at radius 2 is 1.94 bits per heavy atom. The fraction of sp³-hybridized carbons (Fsp3) is 0.500. The van der Waals surface area contributed by atoms with Crippen molar-refractivity contribution in [2.75, 3.05) is 0 Å². The number of benzene rings is 1. The molecule has 0 atom stereocenters. The van der Waals surface area contributed by atoms with Crippen LogP contribution in [0.25, 0.3) is 0 Å². The molecule has 1 saturated carbocycles. The van der Waals surface area contributed by atoms with Gasteiger partial charge in [-0.3, -0.25) is 4.79 Å². The summed E-state index contributed by atoms with van der Waals surface area (Å²) in [5.41, 5.74) is 7.90. The van der Waals surface area contributed by atoms with E-state index in [2.05, 4.69) is 0 Å². The minimum atomic E-state index is -0.539. The molecule has 2 N–H and O–H groups in total. The van der Waals surface area contributed by atoms with E-state index in [-0.39, 0.29) is 5.78 Å². The Bertz CT molecular complexity index is 391. The third-order valence-electron chi connectivity index (χ3n) is 3.66. The number of ketones is 1. The number of rotatable bonds is 3. The highest BCUT2D eigenvalue weighted by Gasteiger charge is 2.36. The zero-order valence-corrected chi connectivity index (χ0v) is 9.83. The lowest BCUT2D eigenvalue weighted by Crippen LogP contribution is -2.46. The Hall–Kier alpha value is -1.15. The average Bonchev–Trinajstić information content (AvgIpc) is 2.70. The first-order valence-electron chi connectivity index (χ1n) is 5.98. The second-order valence-corrected chi connectivity index (χ2v) is 4.89. The normalized spacial score (nSPS) is 18.6. The van der Waals surface area contributed by atoms with Crippen LogP contribution in [-0.4, -0.2) is 11.3 Å². The molecule has 1 aromatic rings. The van der Waals surface area contributed by atoms with Crippen LogP contribution in [0, 0.1) is 6.92 Å². The number of carbonyl (C=O) groups excluding carboxylic acids is 1. The van der Waals surface area contributed by atoms with Gasteiger partial charge in [-0.05, 0) is 30.9 Å². The number of aryl methyl sites for hydroxylation is 1. The average molecular weight is 217 g/mol. The zero-order chi connectivity index (χ0) is 11.6. The summed E-state index contributed by atoms with van der Waals surface area (Å²) in [4.78, 5) is 12.2. The molecule has 0 aromatic heterocycles. The number of hydrogen-bond acceptors (Lipinski definition) is 2. The van der Waals surface area contributed by atoms with Gasteiger partial charge >= 0.3 is 0 Å². The molecule has 0 saturated heterocycles. The maximum Gasteiger partial charge on any atom is 0.157 e. The maximum absolute atomic E-state index is 12.2. The molecule has 2 nitrogen and oxygen atoms in total. The fourth-order valence-electron chi connectivity index (χ4n) is 2.44. The van der Waals surface area contributed by atoms with Gasteiger partial charge in [0.15, 0.2) is 5.78 Å². The van der Waals surface area contributed by atoms with Crippen molar-refractivity contribution in [2.24, 2.45) is 5.73 Å². The van der Waals surface area contributed by atoms with E-state index in [1.807, 2.05) is 31.2 Å². The van der Waals surface area contributed by atoms with Crippen molar-refractivity contribution in [2.45, 2.75) is 44.6 Å². The van der Waals surface area contributed by atoms with E-state index in [1.165, 1.54) is 5.56 Å². The van der Waals surface area contributed by atoms with Crippen LogP contribution < -0.4 is 5.73 Å². The molecule has 0 unspecified atom stereocenters. The van der Waals surface area contributed by atoms with E-state index in [0.717, 1.165) is 31.2 Å². The summed E-state index contributed by atoms with van der Waals surface area (Å²) in [7, 11) is 0. The number of Topliss-reactive ketones (excluding diaryl/α,β-unsaturated/α-hetero) is 1. The minimum absolute atomic E-state index is 0.208. The molecular formula is C14H19NO. The summed E-state index contributed by atoms with van der Waals surface area (Å²) in [6.07, 6.45) is 4.39. The molecule has 1 aromatic carbocycles. The van der Waals surface area contributed by atoms with Gasteiger partial charge in [0.25, 0.3) is 0 Å². The Morgan fingerprint density at radius 1 is 1.31 bits per heavy atom. The van der Waals surface area contributed by atoms with Crippen LogP contribution in [0.3, 0.4) is 0 Å². The van der Waals surface area contributed by atoms with Gasteiger partial charge in [0.2, 0.25) is 0 Å². The van der Waals surface area contributed by atoms with Crippen molar-refractivity contribution in [3.05, 3.63) is 35.4 Å². The SMILES string of the molecule is Cc1ccccc1CC(=O)C1(N)CCCC1. The predicted molar refractivity (Wildman–Crippen MR) is 65.3 cm³/mol. The van der Waals surface area contributed by atoms with Crippen LogP contribution in [0.2, 0.25) is 0 Å². The van der Waals surface area contributed by atoms with Crippen LogP contribution in [0.5, 0.6) is 0 Å². The minimum Gasteiger partial charge on any atom is -0.319 e. The second kappa shape index (κ2) is 4.38. The van der Waals surface area contributed by atoms with E-state index in [1.54, 1.807) is 0 Å². The molecule has 0 spiro atoms. The molecule has 16 heavy (non-hydrogen) atoms. The quantitative estimate of drug-likeness (QED) is 0.844. The van der Waals surface area contributed by atoms with Gasteiger partial charge in [0.05, 0.1) is 5.54 Å². The number of carbonyl (C=O) groups is 1. The first kappa shape index (κ1) is 11.3. The van der Waals surface area contributed by atoms with Crippen LogP contribution in [0.4, 0.5) is 0 Å². The monoisotopic (exact) mass is 217 g/mol. The highest BCUT2D eigenvalue weighted by atomic mass is 16.1. The highest BCUT2D eigenvalue weighted by molar-refractivity contribution is 5.90. The van der Waals surface area contributed by atoms with E-state index in [0.29, 0.717) is 6.42 Å². The molecule has 0 bridgehead atoms. The van der Waals surface area contributed by atoms with Gasteiger partial charge in [-0.1, -0.05) is 37.1 Å². The van der Waals surface area contributed by atoms with E-state index < -0.39 is 5.54 Å². The van der Waals surface area contributed by atoms with Crippen LogP contribution >= 0.6 is 0 Å². The molecule has 86 valence electrons. The smallest absolute Gasteiger partial charge is 0.157 e. The van der Waals surface area contributed by atoms with Crippen LogP contribution in [0.15, 0.2) is 24.3 Å². The molecule has 0 aliphatic heterocycles. The summed E-state index contributed by atoms with van der Waals surface area (Å²) >= 11 is 0. The van der Waals surface area contributed by atoms with E-state index >= 15 is 0 Å². The standard InChI is InChI=1S/C14H19NO/c1-11-6-2-3-7-12(11)10-13(16)14(15)8-4-5-9-14/h2-3,6-7H,4-5,8-10,15H2,1H3. The molecule has 0 amide bonds. The topological polar surface area (TPSA) is 43.1 Å². The zero-order valence-electron chi connectivity index (χ0n) is 9.83. The Balaban J connectivity index is 2.10. The lowest BCUT2D eigenvalue weighted by molar-refractivity contribution is -0.123. The highest BCUT2D eigenvalue weighted by Crippen LogP contribution is 2.29. The van der Waals surface area contributed by atoms with E-state index in [4.69, 9.17) is 5.73 Å². The van der Waals surface area contributed by atoms with Gasteiger partial charge in [-0.25, -0.2) is 0 Å². The molecule has 0 heterocycles. The Kier molecular flexibility index (Phi) is 3.10. The Morgan fingerprint density at radius 3 is 2.56 bits per heavy atom. The molecule has 1 fully saturated rings. The Labute approximate surface area is 96.8 Å². The lowest BCUT2D eigenvalue weighted by atomic mass is 9.88. The first-order valence-corrected chi connectivity index (χ1v) is 5.98. The van der Waals surface area contributed by atoms with Crippen LogP contribution in [0.1, 0.15) is 36.8 Å². The summed E-state index contributed by atoms with van der Waals surface area (Å²) in [6, 6.07) is 8.04. The largest absolute Gasteiger partial charge is 0.319 e. The van der Waals surface area contributed by atoms with Gasteiger partial charge in [-0.15, -0.1) is 0 Å². The van der Waals surface area contributed by atoms with Crippen molar-refractivity contribution >= 4 is 5.78 Å². The molecule has 1 aliphatic carbocycles. The number of hydrogen-bond donors (Lipinski definition) is 1. The summed E-state index contributed by atoms with van der Waals surface area (Å²) in [5.74, 6) is 0.208. The first-order chi connectivity index (χ1) is 7.62. The van der Waals surface area contributed by atoms with Gasteiger partial charge in [0.1, 0.15) is 0 Å². The molecule has 2 heteroatoms. The van der Waals surface area contributed by atoms with Crippen molar-refractivity contribution in [3.8, 4) is 0 Å². The summed E-state index contributed by atoms with van der Waals surface area (Å²) < 4.78 is 0. The molecular weight excluding hydrogens is 198 g/mol. The number of nitrogens with two attached hydrogens (primary N) is 1. The molecule has 1 aliphatic rings. The lowest BCUT2D eigenvalue weighted by Gasteiger charge is -2.22. The van der Waals surface area contributed by atoms with E-state index in [9.17, 15) is 4.79 Å². The van der Waals surface area contributed by atoms with Crippen molar-refractivity contribution in [1.82, 2.24) is 0 Å².